The molecular weight excluding hydrogens is 285 g/mol. The summed E-state index contributed by atoms with van der Waals surface area (Å²) in [5.74, 6) is 0. The number of hydrogen-bond acceptors (Lipinski definition) is 6. The molecule has 0 saturated carbocycles. The van der Waals surface area contributed by atoms with Crippen LogP contribution in [0.1, 0.15) is 42.8 Å². The van der Waals surface area contributed by atoms with E-state index in [2.05, 4.69) is 4.98 Å². The first-order valence-corrected chi connectivity index (χ1v) is 7.32. The van der Waals surface area contributed by atoms with Gasteiger partial charge >= 0.3 is 7.12 Å². The van der Waals surface area contributed by atoms with Crippen molar-refractivity contribution in [2.75, 3.05) is 37.9 Å². The molecule has 2 aliphatic rings. The van der Waals surface area contributed by atoms with Crippen LogP contribution in [0.3, 0.4) is 0 Å². The van der Waals surface area contributed by atoms with E-state index in [4.69, 9.17) is 24.4 Å². The lowest BCUT2D eigenvalue weighted by Gasteiger charge is -2.32. The number of hydrogen-bond donors (Lipinski definition) is 0. The minimum Gasteiger partial charge on any atom is -0.398 e. The summed E-state index contributed by atoms with van der Waals surface area (Å²) >= 11 is 0.740. The fourth-order valence-corrected chi connectivity index (χ4v) is 2.55. The third-order valence-corrected chi connectivity index (χ3v) is 4.59. The first kappa shape index (κ1) is 6.87. The number of piperazine rings is 1. The van der Waals surface area contributed by atoms with Crippen molar-refractivity contribution in [2.24, 2.45) is 0 Å². The van der Waals surface area contributed by atoms with Gasteiger partial charge in [-0.05, 0) is 34.7 Å². The Balaban J connectivity index is 2.09. The van der Waals surface area contributed by atoms with Gasteiger partial charge in [0, 0.05) is 41.0 Å². The van der Waals surface area contributed by atoms with Gasteiger partial charge in [0.25, 0.3) is 0 Å². The molecule has 0 amide bonds. The molecule has 0 atom stereocenters. The smallest absolute Gasteiger partial charge is 0.398 e. The number of aromatic nitrogens is 1. The fraction of sp³-hybridized carbons (Fsp3) is 0.786. The molecule has 116 valence electrons. The molecule has 2 fully saturated rings. The van der Waals surface area contributed by atoms with E-state index in [1.165, 1.54) is 5.38 Å². The molecular formula is C14H24BN3O2S. The van der Waals surface area contributed by atoms with Gasteiger partial charge in [0.15, 0.2) is 5.13 Å². The van der Waals surface area contributed by atoms with E-state index in [9.17, 15) is 0 Å². The molecule has 5 nitrogen and oxygen atoms in total. The van der Waals surface area contributed by atoms with Gasteiger partial charge in [-0.2, -0.15) is 0 Å². The summed E-state index contributed by atoms with van der Waals surface area (Å²) in [5.41, 5.74) is -1.23. The molecule has 7 heteroatoms. The topological polar surface area (TPSA) is 37.8 Å². The Morgan fingerprint density at radius 3 is 2.43 bits per heavy atom. The minimum atomic E-state index is -3.46. The van der Waals surface area contributed by atoms with E-state index >= 15 is 0 Å². The fourth-order valence-electron chi connectivity index (χ4n) is 1.80. The molecule has 3 rings (SSSR count). The van der Waals surface area contributed by atoms with Gasteiger partial charge in [0.05, 0.1) is 22.3 Å². The zero-order chi connectivity index (χ0) is 24.9. The number of thiazole rings is 1. The molecule has 1 aromatic rings. The van der Waals surface area contributed by atoms with Crippen molar-refractivity contribution in [3.63, 3.8) is 0 Å². The average Bonchev–Trinajstić information content (AvgIpc) is 3.06. The van der Waals surface area contributed by atoms with Crippen LogP contribution in [-0.4, -0.2) is 61.2 Å². The lowest BCUT2D eigenvalue weighted by atomic mass is 9.86. The molecule has 3 heterocycles. The highest BCUT2D eigenvalue weighted by Crippen LogP contribution is 2.36. The highest BCUT2D eigenvalue weighted by molar-refractivity contribution is 7.14. The maximum absolute atomic E-state index is 8.33. The zero-order valence-corrected chi connectivity index (χ0v) is 13.0. The summed E-state index contributed by atoms with van der Waals surface area (Å²) in [6.45, 7) is -9.75. The Bertz CT molecular complexity index is 861. The summed E-state index contributed by atoms with van der Waals surface area (Å²) in [6.07, 6.45) is 0. The second-order valence-corrected chi connectivity index (χ2v) is 6.60. The first-order chi connectivity index (χ1) is 14.0. The predicted octanol–water partition coefficient (Wildman–Crippen LogP) is 1.19. The van der Waals surface area contributed by atoms with Gasteiger partial charge in [-0.25, -0.2) is 4.98 Å². The summed E-state index contributed by atoms with van der Waals surface area (Å²) < 4.78 is 100. The molecule has 0 aromatic carbocycles. The SMILES string of the molecule is [2H]C([2H])([2H])N1C([2H])([2H])C([2H])([2H])N(c2nc(B3OC(C)(C)C(C)(C)O3)cs2)C([2H])([2H])C1([2H])[2H]. The summed E-state index contributed by atoms with van der Waals surface area (Å²) in [5, 5.41) is 1.04. The second kappa shape index (κ2) is 5.23. The standard InChI is InChI=1S/C14H24BN3O2S/c1-13(2)14(3,4)20-15(19-13)11-10-21-12(16-11)18-8-6-17(5)7-9-18/h10H,6-9H2,1-5H3/i5D3,6D2,7D2,8D2,9D2. The Morgan fingerprint density at radius 2 is 1.86 bits per heavy atom. The third kappa shape index (κ3) is 2.84. The predicted molar refractivity (Wildman–Crippen MR) is 87.5 cm³/mol. The van der Waals surface area contributed by atoms with Gasteiger partial charge in [0.1, 0.15) is 0 Å². The largest absolute Gasteiger partial charge is 0.515 e. The Morgan fingerprint density at radius 1 is 1.24 bits per heavy atom. The van der Waals surface area contributed by atoms with Crippen LogP contribution in [-0.2, 0) is 9.31 Å². The van der Waals surface area contributed by atoms with Gasteiger partial charge in [-0.1, -0.05) is 0 Å². The molecule has 0 bridgehead atoms. The van der Waals surface area contributed by atoms with Crippen molar-refractivity contribution >= 4 is 29.2 Å². The van der Waals surface area contributed by atoms with Crippen molar-refractivity contribution in [3.05, 3.63) is 5.38 Å². The van der Waals surface area contributed by atoms with E-state index in [0.29, 0.717) is 0 Å². The van der Waals surface area contributed by atoms with Crippen LogP contribution in [0, 0.1) is 0 Å². The van der Waals surface area contributed by atoms with Crippen LogP contribution in [0.4, 0.5) is 5.13 Å². The molecule has 2 aliphatic heterocycles. The van der Waals surface area contributed by atoms with Crippen molar-refractivity contribution in [1.29, 1.82) is 0 Å². The second-order valence-electron chi connectivity index (χ2n) is 5.76. The molecule has 2 saturated heterocycles. The van der Waals surface area contributed by atoms with E-state index in [0.717, 1.165) is 11.3 Å². The van der Waals surface area contributed by atoms with E-state index in [1.54, 1.807) is 0 Å². The Kier molecular flexibility index (Phi) is 1.71. The number of rotatable bonds is 2. The summed E-state index contributed by atoms with van der Waals surface area (Å²) in [4.78, 5) is 4.03. The molecule has 0 radical (unpaired) electrons. The Labute approximate surface area is 146 Å². The van der Waals surface area contributed by atoms with Crippen LogP contribution in [0.5, 0.6) is 0 Å². The van der Waals surface area contributed by atoms with Crippen LogP contribution in [0.15, 0.2) is 5.38 Å². The normalized spacial score (nSPS) is 43.5. The molecule has 21 heavy (non-hydrogen) atoms. The molecule has 0 N–H and O–H groups in total. The molecule has 0 spiro atoms. The number of nitrogens with zero attached hydrogens (tertiary/aromatic N) is 3. The van der Waals surface area contributed by atoms with Crippen molar-refractivity contribution in [3.8, 4) is 0 Å². The summed E-state index contributed by atoms with van der Waals surface area (Å²) in [6, 6.07) is 0. The van der Waals surface area contributed by atoms with E-state index < -0.39 is 51.3 Å². The highest BCUT2D eigenvalue weighted by atomic mass is 32.1. The van der Waals surface area contributed by atoms with Gasteiger partial charge < -0.3 is 19.1 Å². The maximum atomic E-state index is 8.33. The molecule has 0 unspecified atom stereocenters. The van der Waals surface area contributed by atoms with Crippen LogP contribution in [0.2, 0.25) is 0 Å². The monoisotopic (exact) mass is 320 g/mol. The van der Waals surface area contributed by atoms with Gasteiger partial charge in [0.2, 0.25) is 0 Å². The lowest BCUT2D eigenvalue weighted by Crippen LogP contribution is -2.45. The molecule has 0 aliphatic carbocycles. The van der Waals surface area contributed by atoms with E-state index in [1.807, 2.05) is 27.7 Å². The average molecular weight is 320 g/mol. The van der Waals surface area contributed by atoms with Crippen molar-refractivity contribution in [2.45, 2.75) is 38.9 Å². The van der Waals surface area contributed by atoms with Gasteiger partial charge in [-0.15, -0.1) is 11.3 Å². The third-order valence-electron chi connectivity index (χ3n) is 3.74. The summed E-state index contributed by atoms with van der Waals surface area (Å²) in [7, 11) is -0.959. The van der Waals surface area contributed by atoms with Crippen molar-refractivity contribution in [1.82, 2.24) is 9.88 Å². The highest BCUT2D eigenvalue weighted by Gasteiger charge is 2.52. The van der Waals surface area contributed by atoms with Crippen LogP contribution >= 0.6 is 11.3 Å². The maximum Gasteiger partial charge on any atom is 0.515 e. The van der Waals surface area contributed by atoms with Crippen molar-refractivity contribution < 1.29 is 24.4 Å². The first-order valence-electron chi connectivity index (χ1n) is 11.9. The van der Waals surface area contributed by atoms with E-state index in [-0.39, 0.29) is 20.5 Å². The van der Waals surface area contributed by atoms with Crippen LogP contribution < -0.4 is 10.5 Å². The quantitative estimate of drug-likeness (QED) is 0.766. The number of likely N-dealkylation sites (N-methyl/N-ethyl adjacent to an activating group) is 1. The number of anilines is 1. The lowest BCUT2D eigenvalue weighted by molar-refractivity contribution is 0.00578. The van der Waals surface area contributed by atoms with Gasteiger partial charge in [-0.3, -0.25) is 0 Å². The zero-order valence-electron chi connectivity index (χ0n) is 23.2. The Hall–Kier alpha value is -0.625. The van der Waals surface area contributed by atoms with Crippen LogP contribution in [0.25, 0.3) is 0 Å². The minimum absolute atomic E-state index is 0.176. The molecule has 1 aromatic heterocycles.